The maximum atomic E-state index is 9.93. The van der Waals surface area contributed by atoms with Crippen LogP contribution in [0.25, 0.3) is 10.2 Å². The zero-order valence-corrected chi connectivity index (χ0v) is 19.7. The average Bonchev–Trinajstić information content (AvgIpc) is 3.49. The number of amides is 1. The quantitative estimate of drug-likeness (QED) is 0.279. The molecule has 0 unspecified atom stereocenters. The van der Waals surface area contributed by atoms with Gasteiger partial charge in [-0.1, -0.05) is 0 Å². The third kappa shape index (κ3) is 5.08. The van der Waals surface area contributed by atoms with E-state index >= 15 is 0 Å². The highest BCUT2D eigenvalue weighted by Gasteiger charge is 2.20. The van der Waals surface area contributed by atoms with Crippen LogP contribution in [0.3, 0.4) is 0 Å². The van der Waals surface area contributed by atoms with Gasteiger partial charge in [-0.05, 0) is 57.1 Å². The first-order valence-corrected chi connectivity index (χ1v) is 12.2. The monoisotopic (exact) mass is 466 g/mol. The fourth-order valence-corrected chi connectivity index (χ4v) is 5.50. The molecule has 1 aliphatic carbocycles. The number of anilines is 3. The van der Waals surface area contributed by atoms with Gasteiger partial charge in [0, 0.05) is 41.5 Å². The summed E-state index contributed by atoms with van der Waals surface area (Å²) in [5, 5.41) is 12.1. The van der Waals surface area contributed by atoms with E-state index in [0.29, 0.717) is 23.6 Å². The Morgan fingerprint density at radius 3 is 2.70 bits per heavy atom. The summed E-state index contributed by atoms with van der Waals surface area (Å²) in [7, 11) is 0. The molecule has 0 spiro atoms. The maximum Gasteiger partial charge on any atom is 0.209 e. The summed E-state index contributed by atoms with van der Waals surface area (Å²) >= 11 is 1.77. The van der Waals surface area contributed by atoms with E-state index in [4.69, 9.17) is 15.9 Å². The Hall–Kier alpha value is -3.20. The van der Waals surface area contributed by atoms with Gasteiger partial charge in [0.1, 0.15) is 22.7 Å². The molecule has 1 aliphatic heterocycles. The van der Waals surface area contributed by atoms with Crippen LogP contribution in [0, 0.1) is 5.41 Å². The largest absolute Gasteiger partial charge is 0.492 e. The number of nitrogens with zero attached hydrogens (tertiary/aromatic N) is 3. The molecule has 2 aromatic heterocycles. The highest BCUT2D eigenvalue weighted by Crippen LogP contribution is 2.40. The van der Waals surface area contributed by atoms with Crippen LogP contribution in [-0.2, 0) is 17.6 Å². The number of hydrogen-bond acceptors (Lipinski definition) is 8. The first kappa shape index (κ1) is 23.0. The van der Waals surface area contributed by atoms with Gasteiger partial charge in [0.05, 0.1) is 17.7 Å². The van der Waals surface area contributed by atoms with E-state index in [2.05, 4.69) is 15.3 Å². The summed E-state index contributed by atoms with van der Waals surface area (Å²) in [5.41, 5.74) is 9.31. The molecule has 9 heteroatoms. The third-order valence-corrected chi connectivity index (χ3v) is 7.13. The Kier molecular flexibility index (Phi) is 7.39. The first-order valence-electron chi connectivity index (χ1n) is 11.4. The van der Waals surface area contributed by atoms with Crippen LogP contribution in [0.4, 0.5) is 17.2 Å². The molecule has 0 bridgehead atoms. The van der Waals surface area contributed by atoms with Crippen molar-refractivity contribution >= 4 is 51.4 Å². The van der Waals surface area contributed by atoms with Crippen molar-refractivity contribution in [3.05, 3.63) is 34.5 Å². The van der Waals surface area contributed by atoms with Crippen LogP contribution >= 0.6 is 11.3 Å². The number of carbonyl (C=O) groups excluding carboxylic acids is 1. The van der Waals surface area contributed by atoms with Crippen molar-refractivity contribution in [2.24, 2.45) is 0 Å². The number of nitrogens with one attached hydrogen (secondary N) is 2. The molecule has 3 heterocycles. The third-order valence-electron chi connectivity index (χ3n) is 5.93. The fraction of sp³-hybridized carbons (Fsp3) is 0.417. The van der Waals surface area contributed by atoms with Gasteiger partial charge in [0.15, 0.2) is 0 Å². The number of thiophene rings is 1. The summed E-state index contributed by atoms with van der Waals surface area (Å²) in [6.45, 7) is 4.42. The number of hydrogen-bond donors (Lipinski definition) is 3. The average molecular weight is 467 g/mol. The van der Waals surface area contributed by atoms with Crippen molar-refractivity contribution < 1.29 is 9.53 Å². The van der Waals surface area contributed by atoms with E-state index in [9.17, 15) is 4.79 Å². The van der Waals surface area contributed by atoms with Crippen LogP contribution in [0.15, 0.2) is 18.5 Å². The van der Waals surface area contributed by atoms with Crippen LogP contribution in [0.1, 0.15) is 48.6 Å². The molecule has 1 fully saturated rings. The van der Waals surface area contributed by atoms with E-state index in [1.807, 2.05) is 13.0 Å². The van der Waals surface area contributed by atoms with E-state index < -0.39 is 0 Å². The van der Waals surface area contributed by atoms with Gasteiger partial charge in [0.2, 0.25) is 6.41 Å². The van der Waals surface area contributed by atoms with Crippen molar-refractivity contribution in [2.45, 2.75) is 45.4 Å². The SMILES string of the molecule is CCOc1cc(N)c(C=N)cc1Nc1ncnc2sc3c(c12)CCCC3.O=CN1CCCC1. The minimum atomic E-state index is 0.523. The predicted molar refractivity (Wildman–Crippen MR) is 134 cm³/mol. The Labute approximate surface area is 197 Å². The van der Waals surface area contributed by atoms with E-state index in [-0.39, 0.29) is 0 Å². The number of ether oxygens (including phenoxy) is 1. The highest BCUT2D eigenvalue weighted by atomic mass is 32.1. The van der Waals surface area contributed by atoms with Gasteiger partial charge in [-0.25, -0.2) is 9.97 Å². The molecular weight excluding hydrogens is 436 g/mol. The lowest BCUT2D eigenvalue weighted by Gasteiger charge is -2.16. The van der Waals surface area contributed by atoms with Crippen molar-refractivity contribution in [3.8, 4) is 5.75 Å². The van der Waals surface area contributed by atoms with Crippen LogP contribution < -0.4 is 15.8 Å². The summed E-state index contributed by atoms with van der Waals surface area (Å²) in [6.07, 6.45) is 10.8. The second-order valence-electron chi connectivity index (χ2n) is 8.14. The highest BCUT2D eigenvalue weighted by molar-refractivity contribution is 7.19. The van der Waals surface area contributed by atoms with E-state index in [1.54, 1.807) is 28.6 Å². The predicted octanol–water partition coefficient (Wildman–Crippen LogP) is 4.53. The van der Waals surface area contributed by atoms with Crippen LogP contribution in [-0.4, -0.2) is 47.2 Å². The molecule has 0 atom stereocenters. The summed E-state index contributed by atoms with van der Waals surface area (Å²) in [4.78, 5) is 23.2. The number of rotatable bonds is 6. The molecule has 33 heavy (non-hydrogen) atoms. The number of fused-ring (bicyclic) bond motifs is 3. The number of aromatic nitrogens is 2. The van der Waals surface area contributed by atoms with Gasteiger partial charge in [-0.15, -0.1) is 11.3 Å². The minimum absolute atomic E-state index is 0.523. The topological polar surface area (TPSA) is 117 Å². The summed E-state index contributed by atoms with van der Waals surface area (Å²) in [5.74, 6) is 1.45. The molecule has 174 valence electrons. The van der Waals surface area contributed by atoms with Crippen molar-refractivity contribution in [1.82, 2.24) is 14.9 Å². The van der Waals surface area contributed by atoms with Crippen LogP contribution in [0.2, 0.25) is 0 Å². The van der Waals surface area contributed by atoms with Crippen LogP contribution in [0.5, 0.6) is 5.75 Å². The lowest BCUT2D eigenvalue weighted by molar-refractivity contribution is -0.117. The Morgan fingerprint density at radius 2 is 2.00 bits per heavy atom. The molecule has 1 saturated heterocycles. The standard InChI is InChI=1S/C19H21N5OS.C5H9NO/c1-2-25-15-8-13(21)11(9-20)7-14(15)24-18-17-12-5-3-4-6-16(12)26-19(17)23-10-22-18;7-5-6-3-1-2-4-6/h7-10,20H,2-6,21H2,1H3,(H,22,23,24);5H,1-4H2. The molecule has 8 nitrogen and oxygen atoms in total. The molecule has 5 rings (SSSR count). The smallest absolute Gasteiger partial charge is 0.209 e. The fourth-order valence-electron chi connectivity index (χ4n) is 4.27. The van der Waals surface area contributed by atoms with Crippen molar-refractivity contribution in [2.75, 3.05) is 30.7 Å². The van der Waals surface area contributed by atoms with E-state index in [0.717, 1.165) is 54.1 Å². The number of benzene rings is 1. The molecule has 4 N–H and O–H groups in total. The molecule has 0 radical (unpaired) electrons. The molecule has 2 aliphatic rings. The number of aryl methyl sites for hydroxylation is 2. The number of nitrogens with two attached hydrogens (primary N) is 1. The maximum absolute atomic E-state index is 9.93. The van der Waals surface area contributed by atoms with Crippen molar-refractivity contribution in [3.63, 3.8) is 0 Å². The first-order chi connectivity index (χ1) is 16.1. The summed E-state index contributed by atoms with van der Waals surface area (Å²) < 4.78 is 5.74. The second kappa shape index (κ2) is 10.6. The van der Waals surface area contributed by atoms with Gasteiger partial charge in [0.25, 0.3) is 0 Å². The number of nitrogen functional groups attached to an aromatic ring is 1. The Morgan fingerprint density at radius 1 is 1.21 bits per heavy atom. The lowest BCUT2D eigenvalue weighted by Crippen LogP contribution is -2.15. The van der Waals surface area contributed by atoms with Gasteiger partial charge < -0.3 is 26.1 Å². The zero-order valence-electron chi connectivity index (χ0n) is 18.9. The molecular formula is C24H30N6O2S. The minimum Gasteiger partial charge on any atom is -0.492 e. The van der Waals surface area contributed by atoms with Gasteiger partial charge in [-0.3, -0.25) is 4.79 Å². The normalized spacial score (nSPS) is 14.9. The van der Waals surface area contributed by atoms with E-state index in [1.165, 1.54) is 42.3 Å². The Balaban J connectivity index is 0.000000318. The number of likely N-dealkylation sites (tertiary alicyclic amines) is 1. The van der Waals surface area contributed by atoms with Crippen molar-refractivity contribution in [1.29, 1.82) is 5.41 Å². The van der Waals surface area contributed by atoms with Gasteiger partial charge >= 0.3 is 0 Å². The molecule has 1 aromatic carbocycles. The molecule has 0 saturated carbocycles. The lowest BCUT2D eigenvalue weighted by atomic mass is 9.97. The Bertz CT molecular complexity index is 1140. The summed E-state index contributed by atoms with van der Waals surface area (Å²) in [6, 6.07) is 3.59. The molecule has 3 aromatic rings. The second-order valence-corrected chi connectivity index (χ2v) is 9.23. The zero-order chi connectivity index (χ0) is 23.2. The molecule has 1 amide bonds. The number of carbonyl (C=O) groups is 1. The van der Waals surface area contributed by atoms with Gasteiger partial charge in [-0.2, -0.15) is 0 Å².